The van der Waals surface area contributed by atoms with Gasteiger partial charge in [0.15, 0.2) is 11.6 Å². The van der Waals surface area contributed by atoms with Gasteiger partial charge in [0.05, 0.1) is 5.69 Å². The zero-order chi connectivity index (χ0) is 10.7. The second kappa shape index (κ2) is 4.40. The largest absolute Gasteiger partial charge is 0.378 e. The van der Waals surface area contributed by atoms with E-state index in [9.17, 15) is 8.78 Å². The standard InChI is InChI=1S/C11H9F2NS/c12-9-4-1-5-10(11(9)13)14-7-8-3-2-6-15-8/h1-6,14H,7H2. The number of anilines is 1. The Balaban J connectivity index is 2.08. The normalized spacial score (nSPS) is 10.3. The van der Waals surface area contributed by atoms with E-state index in [4.69, 9.17) is 0 Å². The molecule has 0 spiro atoms. The first-order chi connectivity index (χ1) is 7.27. The maximum absolute atomic E-state index is 13.2. The summed E-state index contributed by atoms with van der Waals surface area (Å²) in [5, 5.41) is 4.79. The molecule has 0 aliphatic carbocycles. The van der Waals surface area contributed by atoms with Crippen molar-refractivity contribution in [1.29, 1.82) is 0 Å². The molecular formula is C11H9F2NS. The molecule has 0 saturated heterocycles. The number of benzene rings is 1. The van der Waals surface area contributed by atoms with Crippen molar-refractivity contribution in [3.8, 4) is 0 Å². The van der Waals surface area contributed by atoms with E-state index in [0.717, 1.165) is 10.9 Å². The Hall–Kier alpha value is -1.42. The van der Waals surface area contributed by atoms with E-state index in [2.05, 4.69) is 5.32 Å². The summed E-state index contributed by atoms with van der Waals surface area (Å²) in [6.45, 7) is 0.512. The van der Waals surface area contributed by atoms with Gasteiger partial charge in [-0.1, -0.05) is 12.1 Å². The Kier molecular flexibility index (Phi) is 2.97. The van der Waals surface area contributed by atoms with Crippen LogP contribution in [0.3, 0.4) is 0 Å². The Morgan fingerprint density at radius 1 is 1.13 bits per heavy atom. The minimum Gasteiger partial charge on any atom is -0.378 e. The molecule has 0 aliphatic rings. The Bertz CT molecular complexity index is 440. The molecule has 2 rings (SSSR count). The van der Waals surface area contributed by atoms with Gasteiger partial charge >= 0.3 is 0 Å². The van der Waals surface area contributed by atoms with Crippen LogP contribution in [0.1, 0.15) is 4.88 Å². The van der Waals surface area contributed by atoms with E-state index in [0.29, 0.717) is 6.54 Å². The lowest BCUT2D eigenvalue weighted by atomic mass is 10.3. The van der Waals surface area contributed by atoms with Crippen LogP contribution in [0.2, 0.25) is 0 Å². The molecule has 1 nitrogen and oxygen atoms in total. The van der Waals surface area contributed by atoms with Crippen molar-refractivity contribution in [2.24, 2.45) is 0 Å². The molecule has 0 bridgehead atoms. The van der Waals surface area contributed by atoms with Gasteiger partial charge < -0.3 is 5.32 Å². The molecule has 1 aromatic heterocycles. The average molecular weight is 225 g/mol. The SMILES string of the molecule is Fc1cccc(NCc2cccs2)c1F. The number of hydrogen-bond acceptors (Lipinski definition) is 2. The number of nitrogens with one attached hydrogen (secondary N) is 1. The molecule has 0 unspecified atom stereocenters. The van der Waals surface area contributed by atoms with Gasteiger partial charge in [-0.25, -0.2) is 8.78 Å². The summed E-state index contributed by atoms with van der Waals surface area (Å²) in [7, 11) is 0. The van der Waals surface area contributed by atoms with Crippen molar-refractivity contribution >= 4 is 17.0 Å². The highest BCUT2D eigenvalue weighted by Gasteiger charge is 2.06. The van der Waals surface area contributed by atoms with Crippen molar-refractivity contribution < 1.29 is 8.78 Å². The number of hydrogen-bond donors (Lipinski definition) is 1. The van der Waals surface area contributed by atoms with Crippen molar-refractivity contribution in [1.82, 2.24) is 0 Å². The lowest BCUT2D eigenvalue weighted by Gasteiger charge is -2.06. The summed E-state index contributed by atoms with van der Waals surface area (Å²) in [5.41, 5.74) is 0.198. The van der Waals surface area contributed by atoms with E-state index in [1.54, 1.807) is 11.3 Å². The van der Waals surface area contributed by atoms with E-state index in [1.807, 2.05) is 17.5 Å². The lowest BCUT2D eigenvalue weighted by molar-refractivity contribution is 0.511. The first kappa shape index (κ1) is 10.1. The summed E-state index contributed by atoms with van der Waals surface area (Å²) >= 11 is 1.57. The minimum absolute atomic E-state index is 0.198. The van der Waals surface area contributed by atoms with Crippen LogP contribution >= 0.6 is 11.3 Å². The van der Waals surface area contributed by atoms with E-state index >= 15 is 0 Å². The summed E-state index contributed by atoms with van der Waals surface area (Å²) in [5.74, 6) is -1.65. The van der Waals surface area contributed by atoms with E-state index in [-0.39, 0.29) is 5.69 Å². The molecule has 78 valence electrons. The third-order valence-electron chi connectivity index (χ3n) is 1.98. The van der Waals surface area contributed by atoms with Gasteiger partial charge in [0.1, 0.15) is 0 Å². The van der Waals surface area contributed by atoms with Crippen LogP contribution in [0, 0.1) is 11.6 Å². The highest BCUT2D eigenvalue weighted by Crippen LogP contribution is 2.18. The Labute approximate surface area is 90.4 Å². The van der Waals surface area contributed by atoms with Crippen molar-refractivity contribution in [2.45, 2.75) is 6.54 Å². The van der Waals surface area contributed by atoms with Crippen LogP contribution in [0.4, 0.5) is 14.5 Å². The smallest absolute Gasteiger partial charge is 0.181 e. The Morgan fingerprint density at radius 3 is 2.73 bits per heavy atom. The topological polar surface area (TPSA) is 12.0 Å². The monoisotopic (exact) mass is 225 g/mol. The first-order valence-corrected chi connectivity index (χ1v) is 5.35. The molecule has 15 heavy (non-hydrogen) atoms. The van der Waals surface area contributed by atoms with Crippen LogP contribution in [0.5, 0.6) is 0 Å². The summed E-state index contributed by atoms with van der Waals surface area (Å²) in [6, 6.07) is 7.96. The molecule has 0 atom stereocenters. The minimum atomic E-state index is -0.828. The summed E-state index contributed by atoms with van der Waals surface area (Å²) in [6.07, 6.45) is 0. The maximum atomic E-state index is 13.2. The molecule has 1 N–H and O–H groups in total. The van der Waals surface area contributed by atoms with Gasteiger partial charge in [0.25, 0.3) is 0 Å². The summed E-state index contributed by atoms with van der Waals surface area (Å²) < 4.78 is 26.0. The first-order valence-electron chi connectivity index (χ1n) is 4.47. The molecule has 1 aromatic carbocycles. The quantitative estimate of drug-likeness (QED) is 0.841. The highest BCUT2D eigenvalue weighted by molar-refractivity contribution is 7.09. The van der Waals surface area contributed by atoms with Gasteiger partial charge in [0, 0.05) is 11.4 Å². The number of thiophene rings is 1. The van der Waals surface area contributed by atoms with Crippen LogP contribution < -0.4 is 5.32 Å². The van der Waals surface area contributed by atoms with E-state index in [1.165, 1.54) is 12.1 Å². The van der Waals surface area contributed by atoms with Gasteiger partial charge in [-0.2, -0.15) is 0 Å². The van der Waals surface area contributed by atoms with Gasteiger partial charge in [-0.05, 0) is 23.6 Å². The highest BCUT2D eigenvalue weighted by atomic mass is 32.1. The van der Waals surface area contributed by atoms with Gasteiger partial charge in [-0.3, -0.25) is 0 Å². The molecule has 4 heteroatoms. The molecular weight excluding hydrogens is 216 g/mol. The molecule has 0 fully saturated rings. The summed E-state index contributed by atoms with van der Waals surface area (Å²) in [4.78, 5) is 1.08. The average Bonchev–Trinajstić information content (AvgIpc) is 2.73. The van der Waals surface area contributed by atoms with E-state index < -0.39 is 11.6 Å². The van der Waals surface area contributed by atoms with Crippen molar-refractivity contribution in [2.75, 3.05) is 5.32 Å². The van der Waals surface area contributed by atoms with Gasteiger partial charge in [-0.15, -0.1) is 11.3 Å². The van der Waals surface area contributed by atoms with Crippen molar-refractivity contribution in [3.05, 3.63) is 52.2 Å². The lowest BCUT2D eigenvalue weighted by Crippen LogP contribution is -2.01. The molecule has 0 aliphatic heterocycles. The molecule has 0 radical (unpaired) electrons. The fourth-order valence-electron chi connectivity index (χ4n) is 1.24. The fourth-order valence-corrected chi connectivity index (χ4v) is 1.88. The second-order valence-electron chi connectivity index (χ2n) is 3.03. The predicted molar refractivity (Wildman–Crippen MR) is 58.0 cm³/mol. The predicted octanol–water partition coefficient (Wildman–Crippen LogP) is 3.64. The third kappa shape index (κ3) is 2.33. The van der Waals surface area contributed by atoms with Gasteiger partial charge in [0.2, 0.25) is 0 Å². The molecule has 0 amide bonds. The zero-order valence-electron chi connectivity index (χ0n) is 7.84. The molecule has 2 aromatic rings. The maximum Gasteiger partial charge on any atom is 0.181 e. The number of rotatable bonds is 3. The zero-order valence-corrected chi connectivity index (χ0v) is 8.65. The van der Waals surface area contributed by atoms with Crippen LogP contribution in [0.15, 0.2) is 35.7 Å². The molecule has 1 heterocycles. The number of halogens is 2. The Morgan fingerprint density at radius 2 is 2.00 bits per heavy atom. The van der Waals surface area contributed by atoms with Crippen LogP contribution in [-0.4, -0.2) is 0 Å². The van der Waals surface area contributed by atoms with Crippen molar-refractivity contribution in [3.63, 3.8) is 0 Å². The van der Waals surface area contributed by atoms with Crippen LogP contribution in [0.25, 0.3) is 0 Å². The third-order valence-corrected chi connectivity index (χ3v) is 2.86. The second-order valence-corrected chi connectivity index (χ2v) is 4.07. The molecule has 0 saturated carbocycles. The fraction of sp³-hybridized carbons (Fsp3) is 0.0909. The van der Waals surface area contributed by atoms with Crippen LogP contribution in [-0.2, 0) is 6.54 Å².